The highest BCUT2D eigenvalue weighted by atomic mass is 16.2. The smallest absolute Gasteiger partial charge is 0.237 e. The van der Waals surface area contributed by atoms with Gasteiger partial charge >= 0.3 is 0 Å². The van der Waals surface area contributed by atoms with E-state index < -0.39 is 5.41 Å². The van der Waals surface area contributed by atoms with Gasteiger partial charge in [0.2, 0.25) is 5.91 Å². The van der Waals surface area contributed by atoms with Gasteiger partial charge in [-0.3, -0.25) is 4.79 Å². The van der Waals surface area contributed by atoms with E-state index in [1.807, 2.05) is 18.7 Å². The SMILES string of the molecule is CCCCCN1C(=O)C(C)(C)c2cc3[nH]c(-c4ccc5ccccc5c4)nc3cc21. The first-order valence-corrected chi connectivity index (χ1v) is 10.8. The molecule has 2 heterocycles. The summed E-state index contributed by atoms with van der Waals surface area (Å²) in [6.45, 7) is 7.02. The normalized spacial score (nSPS) is 15.3. The summed E-state index contributed by atoms with van der Waals surface area (Å²) in [5.41, 5.74) is 4.55. The van der Waals surface area contributed by atoms with Crippen LogP contribution in [0.2, 0.25) is 0 Å². The molecule has 4 nitrogen and oxygen atoms in total. The maximum Gasteiger partial charge on any atom is 0.237 e. The lowest BCUT2D eigenvalue weighted by Crippen LogP contribution is -2.36. The fourth-order valence-electron chi connectivity index (χ4n) is 4.55. The number of nitrogens with one attached hydrogen (secondary N) is 1. The van der Waals surface area contributed by atoms with Crippen LogP contribution in [-0.2, 0) is 10.2 Å². The Hall–Kier alpha value is -3.14. The van der Waals surface area contributed by atoms with Crippen LogP contribution in [0.1, 0.15) is 45.6 Å². The van der Waals surface area contributed by atoms with Crippen LogP contribution in [0.15, 0.2) is 54.6 Å². The molecule has 4 aromatic rings. The molecule has 0 saturated carbocycles. The maximum atomic E-state index is 13.1. The number of carbonyl (C=O) groups is 1. The third-order valence-corrected chi connectivity index (χ3v) is 6.35. The van der Waals surface area contributed by atoms with Crippen molar-refractivity contribution >= 4 is 33.4 Å². The zero-order valence-electron chi connectivity index (χ0n) is 17.8. The summed E-state index contributed by atoms with van der Waals surface area (Å²) in [4.78, 5) is 23.4. The molecule has 152 valence electrons. The molecular weight excluding hydrogens is 370 g/mol. The van der Waals surface area contributed by atoms with Gasteiger partial charge in [0, 0.05) is 12.1 Å². The number of benzene rings is 3. The lowest BCUT2D eigenvalue weighted by atomic mass is 9.86. The van der Waals surface area contributed by atoms with E-state index in [0.29, 0.717) is 0 Å². The molecular formula is C26H27N3O. The monoisotopic (exact) mass is 397 g/mol. The first kappa shape index (κ1) is 18.9. The average molecular weight is 398 g/mol. The Labute approximate surface area is 176 Å². The van der Waals surface area contributed by atoms with Gasteiger partial charge in [0.1, 0.15) is 5.82 Å². The van der Waals surface area contributed by atoms with E-state index in [2.05, 4.69) is 66.5 Å². The molecule has 0 unspecified atom stereocenters. The summed E-state index contributed by atoms with van der Waals surface area (Å²) in [7, 11) is 0. The molecule has 1 amide bonds. The number of hydrogen-bond acceptors (Lipinski definition) is 2. The van der Waals surface area contributed by atoms with Crippen LogP contribution in [0.5, 0.6) is 0 Å². The van der Waals surface area contributed by atoms with Crippen molar-refractivity contribution in [2.24, 2.45) is 0 Å². The van der Waals surface area contributed by atoms with E-state index in [4.69, 9.17) is 4.98 Å². The van der Waals surface area contributed by atoms with Gasteiger partial charge in [-0.05, 0) is 54.8 Å². The van der Waals surface area contributed by atoms with Crippen LogP contribution in [0, 0.1) is 0 Å². The Kier molecular flexibility index (Phi) is 4.39. The molecule has 4 heteroatoms. The van der Waals surface area contributed by atoms with Crippen molar-refractivity contribution in [1.82, 2.24) is 9.97 Å². The van der Waals surface area contributed by atoms with Crippen molar-refractivity contribution in [3.63, 3.8) is 0 Å². The molecule has 0 bridgehead atoms. The molecule has 0 aliphatic carbocycles. The van der Waals surface area contributed by atoms with Crippen LogP contribution in [-0.4, -0.2) is 22.4 Å². The molecule has 0 radical (unpaired) electrons. The largest absolute Gasteiger partial charge is 0.338 e. The van der Waals surface area contributed by atoms with Crippen molar-refractivity contribution in [2.45, 2.75) is 45.4 Å². The Balaban J connectivity index is 1.58. The number of aromatic amines is 1. The number of imidazole rings is 1. The second-order valence-corrected chi connectivity index (χ2v) is 8.82. The maximum absolute atomic E-state index is 13.1. The van der Waals surface area contributed by atoms with Crippen molar-refractivity contribution in [2.75, 3.05) is 11.4 Å². The Morgan fingerprint density at radius 1 is 1.00 bits per heavy atom. The van der Waals surface area contributed by atoms with Gasteiger partial charge in [0.05, 0.1) is 22.1 Å². The second kappa shape index (κ2) is 6.98. The van der Waals surface area contributed by atoms with Crippen LogP contribution < -0.4 is 4.90 Å². The summed E-state index contributed by atoms with van der Waals surface area (Å²) in [5, 5.41) is 2.42. The van der Waals surface area contributed by atoms with E-state index in [9.17, 15) is 4.79 Å². The summed E-state index contributed by atoms with van der Waals surface area (Å²) in [6.07, 6.45) is 3.31. The number of nitrogens with zero attached hydrogens (tertiary/aromatic N) is 2. The van der Waals surface area contributed by atoms with Gasteiger partial charge in [-0.2, -0.15) is 0 Å². The minimum Gasteiger partial charge on any atom is -0.338 e. The summed E-state index contributed by atoms with van der Waals surface area (Å²) < 4.78 is 0. The van der Waals surface area contributed by atoms with Crippen molar-refractivity contribution in [1.29, 1.82) is 0 Å². The Morgan fingerprint density at radius 3 is 2.60 bits per heavy atom. The van der Waals surface area contributed by atoms with Crippen LogP contribution in [0.3, 0.4) is 0 Å². The van der Waals surface area contributed by atoms with Crippen LogP contribution >= 0.6 is 0 Å². The molecule has 1 aliphatic rings. The number of hydrogen-bond donors (Lipinski definition) is 1. The first-order valence-electron chi connectivity index (χ1n) is 10.8. The predicted octanol–water partition coefficient (Wildman–Crippen LogP) is 6.20. The molecule has 1 aromatic heterocycles. The second-order valence-electron chi connectivity index (χ2n) is 8.82. The first-order chi connectivity index (χ1) is 14.5. The van der Waals surface area contributed by atoms with Gasteiger partial charge < -0.3 is 9.88 Å². The highest BCUT2D eigenvalue weighted by molar-refractivity contribution is 6.09. The average Bonchev–Trinajstić information content (AvgIpc) is 3.25. The van der Waals surface area contributed by atoms with E-state index in [1.165, 1.54) is 10.8 Å². The third kappa shape index (κ3) is 2.90. The predicted molar refractivity (Wildman–Crippen MR) is 124 cm³/mol. The number of aromatic nitrogens is 2. The molecule has 1 aliphatic heterocycles. The van der Waals surface area contributed by atoms with Gasteiger partial charge in [0.25, 0.3) is 0 Å². The minimum absolute atomic E-state index is 0.191. The summed E-state index contributed by atoms with van der Waals surface area (Å²) in [5.74, 6) is 1.05. The fourth-order valence-corrected chi connectivity index (χ4v) is 4.55. The summed E-state index contributed by atoms with van der Waals surface area (Å²) >= 11 is 0. The van der Waals surface area contributed by atoms with Crippen molar-refractivity contribution in [3.8, 4) is 11.4 Å². The zero-order valence-corrected chi connectivity index (χ0v) is 17.8. The van der Waals surface area contributed by atoms with E-state index >= 15 is 0 Å². The molecule has 0 fully saturated rings. The van der Waals surface area contributed by atoms with Gasteiger partial charge in [-0.1, -0.05) is 56.2 Å². The van der Waals surface area contributed by atoms with Crippen molar-refractivity contribution < 1.29 is 4.79 Å². The number of unbranched alkanes of at least 4 members (excludes halogenated alkanes) is 2. The van der Waals surface area contributed by atoms with Gasteiger partial charge in [-0.15, -0.1) is 0 Å². The molecule has 0 atom stereocenters. The number of H-pyrrole nitrogens is 1. The molecule has 5 rings (SSSR count). The van der Waals surface area contributed by atoms with Gasteiger partial charge in [-0.25, -0.2) is 4.98 Å². The van der Waals surface area contributed by atoms with Crippen LogP contribution in [0.25, 0.3) is 33.2 Å². The fraction of sp³-hybridized carbons (Fsp3) is 0.308. The molecule has 1 N–H and O–H groups in total. The van der Waals surface area contributed by atoms with E-state index in [1.54, 1.807) is 0 Å². The number of fused-ring (bicyclic) bond motifs is 3. The quantitative estimate of drug-likeness (QED) is 0.408. The Bertz CT molecular complexity index is 1270. The van der Waals surface area contributed by atoms with E-state index in [0.717, 1.165) is 59.5 Å². The number of carbonyl (C=O) groups excluding carboxylic acids is 1. The number of rotatable bonds is 5. The molecule has 30 heavy (non-hydrogen) atoms. The van der Waals surface area contributed by atoms with Crippen LogP contribution in [0.4, 0.5) is 5.69 Å². The molecule has 0 spiro atoms. The summed E-state index contributed by atoms with van der Waals surface area (Å²) in [6, 6.07) is 19.0. The third-order valence-electron chi connectivity index (χ3n) is 6.35. The molecule has 3 aromatic carbocycles. The number of anilines is 1. The number of amides is 1. The molecule has 0 saturated heterocycles. The van der Waals surface area contributed by atoms with Gasteiger partial charge in [0.15, 0.2) is 0 Å². The standard InChI is InChI=1S/C26H27N3O/c1-4-5-8-13-29-23-16-22-21(15-20(23)26(2,3)25(29)30)27-24(28-22)19-12-11-17-9-6-7-10-18(17)14-19/h6-7,9-12,14-16H,4-5,8,13H2,1-3H3,(H,27,28). The highest BCUT2D eigenvalue weighted by Gasteiger charge is 2.43. The lowest BCUT2D eigenvalue weighted by Gasteiger charge is -2.20. The van der Waals surface area contributed by atoms with Crippen molar-refractivity contribution in [3.05, 3.63) is 60.2 Å². The lowest BCUT2D eigenvalue weighted by molar-refractivity contribution is -0.122. The highest BCUT2D eigenvalue weighted by Crippen LogP contribution is 2.43. The van der Waals surface area contributed by atoms with E-state index in [-0.39, 0.29) is 5.91 Å². The topological polar surface area (TPSA) is 49.0 Å². The minimum atomic E-state index is -0.510. The zero-order chi connectivity index (χ0) is 20.9. The Morgan fingerprint density at radius 2 is 1.80 bits per heavy atom.